The second-order valence-electron chi connectivity index (χ2n) is 5.01. The third kappa shape index (κ3) is 1.81. The molecular weight excluding hydrogens is 224 g/mol. The lowest BCUT2D eigenvalue weighted by Crippen LogP contribution is -2.12. The maximum Gasteiger partial charge on any atom is 0.134 e. The smallest absolute Gasteiger partial charge is 0.134 e. The number of nitrogens with zero attached hydrogens (tertiary/aromatic N) is 1. The SMILES string of the molecule is CC(N)c1ccc(-c2ccc3c(c2)CCN3C)o1. The minimum atomic E-state index is -0.0562. The molecule has 1 aliphatic heterocycles. The zero-order chi connectivity index (χ0) is 12.7. The van der Waals surface area contributed by atoms with Crippen molar-refractivity contribution < 1.29 is 4.42 Å². The molecule has 0 fully saturated rings. The maximum absolute atomic E-state index is 5.81. The summed E-state index contributed by atoms with van der Waals surface area (Å²) < 4.78 is 5.78. The molecule has 18 heavy (non-hydrogen) atoms. The molecule has 0 bridgehead atoms. The van der Waals surface area contributed by atoms with Crippen molar-refractivity contribution in [2.24, 2.45) is 5.73 Å². The van der Waals surface area contributed by atoms with Crippen molar-refractivity contribution in [3.05, 3.63) is 41.7 Å². The van der Waals surface area contributed by atoms with E-state index in [-0.39, 0.29) is 6.04 Å². The summed E-state index contributed by atoms with van der Waals surface area (Å²) in [5.74, 6) is 1.74. The lowest BCUT2D eigenvalue weighted by atomic mass is 10.1. The van der Waals surface area contributed by atoms with Crippen LogP contribution in [0.3, 0.4) is 0 Å². The highest BCUT2D eigenvalue weighted by molar-refractivity contribution is 5.67. The highest BCUT2D eigenvalue weighted by atomic mass is 16.3. The van der Waals surface area contributed by atoms with Crippen LogP contribution in [0.25, 0.3) is 11.3 Å². The van der Waals surface area contributed by atoms with Crippen LogP contribution < -0.4 is 10.6 Å². The molecule has 1 atom stereocenters. The molecule has 0 amide bonds. The lowest BCUT2D eigenvalue weighted by Gasteiger charge is -2.11. The van der Waals surface area contributed by atoms with Gasteiger partial charge in [0.25, 0.3) is 0 Å². The van der Waals surface area contributed by atoms with Gasteiger partial charge in [0.15, 0.2) is 0 Å². The average Bonchev–Trinajstić information content (AvgIpc) is 2.96. The largest absolute Gasteiger partial charge is 0.459 e. The Morgan fingerprint density at radius 1 is 1.28 bits per heavy atom. The third-order valence-corrected chi connectivity index (χ3v) is 3.57. The number of furan rings is 1. The lowest BCUT2D eigenvalue weighted by molar-refractivity contribution is 0.491. The van der Waals surface area contributed by atoms with E-state index in [0.29, 0.717) is 0 Å². The molecule has 2 heterocycles. The van der Waals surface area contributed by atoms with Gasteiger partial charge in [-0.05, 0) is 49.2 Å². The van der Waals surface area contributed by atoms with Gasteiger partial charge >= 0.3 is 0 Å². The average molecular weight is 242 g/mol. The molecule has 0 saturated heterocycles. The second kappa shape index (κ2) is 4.18. The summed E-state index contributed by atoms with van der Waals surface area (Å²) in [6.07, 6.45) is 1.11. The first-order valence-electron chi connectivity index (χ1n) is 6.35. The van der Waals surface area contributed by atoms with Crippen LogP contribution in [0.2, 0.25) is 0 Å². The Kier molecular flexibility index (Phi) is 2.63. The quantitative estimate of drug-likeness (QED) is 0.880. The molecule has 2 aromatic rings. The number of anilines is 1. The van der Waals surface area contributed by atoms with E-state index in [0.717, 1.165) is 30.0 Å². The van der Waals surface area contributed by atoms with E-state index in [1.165, 1.54) is 11.3 Å². The molecule has 1 aromatic heterocycles. The molecule has 94 valence electrons. The van der Waals surface area contributed by atoms with Crippen LogP contribution in [0.15, 0.2) is 34.7 Å². The van der Waals surface area contributed by atoms with Crippen molar-refractivity contribution in [1.82, 2.24) is 0 Å². The number of likely N-dealkylation sites (N-methyl/N-ethyl adjacent to an activating group) is 1. The Hall–Kier alpha value is -1.74. The zero-order valence-electron chi connectivity index (χ0n) is 10.8. The summed E-state index contributed by atoms with van der Waals surface area (Å²) in [4.78, 5) is 2.29. The number of benzene rings is 1. The number of nitrogens with two attached hydrogens (primary N) is 1. The molecule has 0 aliphatic carbocycles. The molecule has 1 aromatic carbocycles. The van der Waals surface area contributed by atoms with Gasteiger partial charge in [0, 0.05) is 24.8 Å². The summed E-state index contributed by atoms with van der Waals surface area (Å²) in [7, 11) is 2.13. The van der Waals surface area contributed by atoms with Crippen molar-refractivity contribution in [1.29, 1.82) is 0 Å². The Morgan fingerprint density at radius 2 is 2.11 bits per heavy atom. The number of hydrogen-bond donors (Lipinski definition) is 1. The van der Waals surface area contributed by atoms with Gasteiger partial charge in [-0.15, -0.1) is 0 Å². The number of hydrogen-bond acceptors (Lipinski definition) is 3. The van der Waals surface area contributed by atoms with Gasteiger partial charge in [-0.25, -0.2) is 0 Å². The fraction of sp³-hybridized carbons (Fsp3) is 0.333. The van der Waals surface area contributed by atoms with Gasteiger partial charge in [-0.1, -0.05) is 0 Å². The molecule has 3 rings (SSSR count). The van der Waals surface area contributed by atoms with Crippen molar-refractivity contribution in [3.63, 3.8) is 0 Å². The molecular formula is C15H18N2O. The van der Waals surface area contributed by atoms with Gasteiger partial charge in [0.05, 0.1) is 6.04 Å². The summed E-state index contributed by atoms with van der Waals surface area (Å²) in [5, 5.41) is 0. The summed E-state index contributed by atoms with van der Waals surface area (Å²) in [6.45, 7) is 3.03. The van der Waals surface area contributed by atoms with Crippen molar-refractivity contribution in [2.45, 2.75) is 19.4 Å². The van der Waals surface area contributed by atoms with Gasteiger partial charge in [-0.3, -0.25) is 0 Å². The number of fused-ring (bicyclic) bond motifs is 1. The van der Waals surface area contributed by atoms with Crippen LogP contribution in [0.1, 0.15) is 24.3 Å². The zero-order valence-corrected chi connectivity index (χ0v) is 10.8. The summed E-state index contributed by atoms with van der Waals surface area (Å²) >= 11 is 0. The van der Waals surface area contributed by atoms with E-state index < -0.39 is 0 Å². The third-order valence-electron chi connectivity index (χ3n) is 3.57. The van der Waals surface area contributed by atoms with Crippen molar-refractivity contribution in [3.8, 4) is 11.3 Å². The molecule has 0 radical (unpaired) electrons. The Labute approximate surface area is 107 Å². The topological polar surface area (TPSA) is 42.4 Å². The van der Waals surface area contributed by atoms with E-state index in [1.807, 2.05) is 19.1 Å². The fourth-order valence-electron chi connectivity index (χ4n) is 2.47. The molecule has 1 aliphatic rings. The fourth-order valence-corrected chi connectivity index (χ4v) is 2.47. The Balaban J connectivity index is 1.97. The molecule has 1 unspecified atom stereocenters. The first kappa shape index (κ1) is 11.4. The van der Waals surface area contributed by atoms with Crippen LogP contribution >= 0.6 is 0 Å². The van der Waals surface area contributed by atoms with Crippen molar-refractivity contribution >= 4 is 5.69 Å². The standard InChI is InChI=1S/C15H18N2O/c1-10(16)14-5-6-15(18-14)12-3-4-13-11(9-12)7-8-17(13)2/h3-6,9-10H,7-8,16H2,1-2H3. The van der Waals surface area contributed by atoms with E-state index in [4.69, 9.17) is 10.2 Å². The van der Waals surface area contributed by atoms with Gasteiger partial charge in [0.1, 0.15) is 11.5 Å². The second-order valence-corrected chi connectivity index (χ2v) is 5.01. The Bertz CT molecular complexity index is 572. The first-order chi connectivity index (χ1) is 8.65. The molecule has 3 nitrogen and oxygen atoms in total. The highest BCUT2D eigenvalue weighted by Gasteiger charge is 2.17. The predicted octanol–water partition coefficient (Wildman–Crippen LogP) is 2.96. The molecule has 0 spiro atoms. The molecule has 3 heteroatoms. The Morgan fingerprint density at radius 3 is 2.83 bits per heavy atom. The molecule has 0 saturated carbocycles. The van der Waals surface area contributed by atoms with Gasteiger partial charge in [-0.2, -0.15) is 0 Å². The van der Waals surface area contributed by atoms with E-state index >= 15 is 0 Å². The van der Waals surface area contributed by atoms with Crippen LogP contribution in [0, 0.1) is 0 Å². The van der Waals surface area contributed by atoms with E-state index in [2.05, 4.69) is 30.1 Å². The normalized spacial score (nSPS) is 15.8. The number of rotatable bonds is 2. The highest BCUT2D eigenvalue weighted by Crippen LogP contribution is 2.32. The summed E-state index contributed by atoms with van der Waals surface area (Å²) in [5.41, 5.74) is 9.68. The van der Waals surface area contributed by atoms with Crippen LogP contribution in [0.5, 0.6) is 0 Å². The van der Waals surface area contributed by atoms with Crippen LogP contribution in [-0.2, 0) is 6.42 Å². The minimum Gasteiger partial charge on any atom is -0.459 e. The van der Waals surface area contributed by atoms with Crippen LogP contribution in [0.4, 0.5) is 5.69 Å². The predicted molar refractivity (Wildman–Crippen MR) is 73.7 cm³/mol. The van der Waals surface area contributed by atoms with E-state index in [9.17, 15) is 0 Å². The van der Waals surface area contributed by atoms with Gasteiger partial charge < -0.3 is 15.1 Å². The monoisotopic (exact) mass is 242 g/mol. The molecule has 2 N–H and O–H groups in total. The van der Waals surface area contributed by atoms with Crippen molar-refractivity contribution in [2.75, 3.05) is 18.5 Å². The van der Waals surface area contributed by atoms with E-state index in [1.54, 1.807) is 0 Å². The van der Waals surface area contributed by atoms with Gasteiger partial charge in [0.2, 0.25) is 0 Å². The first-order valence-corrected chi connectivity index (χ1v) is 6.35. The summed E-state index contributed by atoms with van der Waals surface area (Å²) in [6, 6.07) is 10.4. The maximum atomic E-state index is 5.81. The van der Waals surface area contributed by atoms with Crippen LogP contribution in [-0.4, -0.2) is 13.6 Å². The minimum absolute atomic E-state index is 0.0562.